The molecule has 0 radical (unpaired) electrons. The van der Waals surface area contributed by atoms with Crippen LogP contribution in [0.5, 0.6) is 0 Å². The van der Waals surface area contributed by atoms with Crippen molar-refractivity contribution in [2.75, 3.05) is 24.5 Å². The molecule has 1 aromatic carbocycles. The molecule has 2 saturated heterocycles. The van der Waals surface area contributed by atoms with Gasteiger partial charge in [-0.15, -0.1) is 0 Å². The number of nitrogens with zero attached hydrogens (tertiary/aromatic N) is 3. The zero-order valence-electron chi connectivity index (χ0n) is 11.4. The fraction of sp³-hybridized carbons (Fsp3) is 0.538. The van der Waals surface area contributed by atoms with Crippen molar-refractivity contribution in [2.24, 2.45) is 5.92 Å². The molecule has 0 saturated carbocycles. The summed E-state index contributed by atoms with van der Waals surface area (Å²) >= 11 is 0. The second-order valence-corrected chi connectivity index (χ2v) is 5.56. The highest BCUT2D eigenvalue weighted by Crippen LogP contribution is 2.36. The number of hydrogen-bond donors (Lipinski definition) is 1. The van der Waals surface area contributed by atoms with Gasteiger partial charge in [0.1, 0.15) is 5.69 Å². The summed E-state index contributed by atoms with van der Waals surface area (Å²) in [5.41, 5.74) is 0.0323. The number of hydrogen-bond acceptors (Lipinski definition) is 6. The quantitative estimate of drug-likeness (QED) is 0.672. The Balaban J connectivity index is 1.91. The van der Waals surface area contributed by atoms with Gasteiger partial charge >= 0.3 is 0 Å². The Morgan fingerprint density at radius 3 is 2.67 bits per heavy atom. The molecular weight excluding hydrogens is 276 g/mol. The monoisotopic (exact) mass is 292 g/mol. The minimum atomic E-state index is -0.609. The summed E-state index contributed by atoms with van der Waals surface area (Å²) < 4.78 is 0. The van der Waals surface area contributed by atoms with Crippen LogP contribution in [0.1, 0.15) is 12.8 Å². The smallest absolute Gasteiger partial charge is 0.299 e. The molecule has 0 spiro atoms. The molecule has 1 aromatic rings. The topological polar surface area (TPSA) is 102 Å². The Bertz CT molecular complexity index is 578. The maximum atomic E-state index is 11.2. The molecule has 0 bridgehead atoms. The maximum Gasteiger partial charge on any atom is 0.299 e. The first-order chi connectivity index (χ1) is 10.1. The van der Waals surface area contributed by atoms with Crippen molar-refractivity contribution >= 4 is 17.1 Å². The Kier molecular flexibility index (Phi) is 3.46. The van der Waals surface area contributed by atoms with Crippen molar-refractivity contribution in [2.45, 2.75) is 18.9 Å². The van der Waals surface area contributed by atoms with E-state index in [9.17, 15) is 20.2 Å². The van der Waals surface area contributed by atoms with E-state index in [1.54, 1.807) is 0 Å². The van der Waals surface area contributed by atoms with Crippen molar-refractivity contribution in [1.29, 1.82) is 0 Å². The van der Waals surface area contributed by atoms with E-state index in [2.05, 4.69) is 5.32 Å². The highest BCUT2D eigenvalue weighted by atomic mass is 16.6. The van der Waals surface area contributed by atoms with E-state index in [4.69, 9.17) is 0 Å². The number of nitro benzene ring substituents is 2. The highest BCUT2D eigenvalue weighted by molar-refractivity contribution is 5.67. The fourth-order valence-electron chi connectivity index (χ4n) is 3.28. The van der Waals surface area contributed by atoms with E-state index in [1.165, 1.54) is 12.1 Å². The number of benzene rings is 1. The van der Waals surface area contributed by atoms with Crippen LogP contribution >= 0.6 is 0 Å². The van der Waals surface area contributed by atoms with Crippen LogP contribution < -0.4 is 10.2 Å². The molecule has 1 N–H and O–H groups in total. The van der Waals surface area contributed by atoms with Gasteiger partial charge in [-0.3, -0.25) is 20.2 Å². The van der Waals surface area contributed by atoms with E-state index < -0.39 is 9.85 Å². The normalized spacial score (nSPS) is 24.7. The lowest BCUT2D eigenvalue weighted by Gasteiger charge is -2.24. The summed E-state index contributed by atoms with van der Waals surface area (Å²) in [6.07, 6.45) is 2.24. The van der Waals surface area contributed by atoms with Crippen molar-refractivity contribution in [3.05, 3.63) is 38.4 Å². The predicted octanol–water partition coefficient (Wildman–Crippen LogP) is 1.69. The van der Waals surface area contributed by atoms with Crippen LogP contribution in [0.25, 0.3) is 0 Å². The summed E-state index contributed by atoms with van der Waals surface area (Å²) in [4.78, 5) is 22.8. The van der Waals surface area contributed by atoms with E-state index in [-0.39, 0.29) is 11.4 Å². The van der Waals surface area contributed by atoms with Crippen LogP contribution in [0.3, 0.4) is 0 Å². The lowest BCUT2D eigenvalue weighted by Crippen LogP contribution is -2.40. The molecule has 0 aliphatic carbocycles. The van der Waals surface area contributed by atoms with Gasteiger partial charge in [0.05, 0.1) is 15.9 Å². The third kappa shape index (κ3) is 2.54. The Morgan fingerprint density at radius 1 is 1.19 bits per heavy atom. The molecule has 2 fully saturated rings. The van der Waals surface area contributed by atoms with Crippen molar-refractivity contribution in [1.82, 2.24) is 5.32 Å². The Morgan fingerprint density at radius 2 is 2.00 bits per heavy atom. The van der Waals surface area contributed by atoms with Gasteiger partial charge in [-0.05, 0) is 31.4 Å². The number of anilines is 1. The third-order valence-corrected chi connectivity index (χ3v) is 4.31. The van der Waals surface area contributed by atoms with Gasteiger partial charge in [-0.1, -0.05) is 0 Å². The predicted molar refractivity (Wildman–Crippen MR) is 76.5 cm³/mol. The molecule has 0 aromatic heterocycles. The van der Waals surface area contributed by atoms with Crippen LogP contribution in [-0.2, 0) is 0 Å². The van der Waals surface area contributed by atoms with E-state index in [0.29, 0.717) is 24.2 Å². The molecule has 0 unspecified atom stereocenters. The summed E-state index contributed by atoms with van der Waals surface area (Å²) in [5.74, 6) is 0.494. The lowest BCUT2D eigenvalue weighted by atomic mass is 9.94. The van der Waals surface area contributed by atoms with Crippen LogP contribution in [-0.4, -0.2) is 35.5 Å². The zero-order chi connectivity index (χ0) is 15.0. The minimum absolute atomic E-state index is 0.192. The molecule has 112 valence electrons. The first kappa shape index (κ1) is 13.7. The van der Waals surface area contributed by atoms with Gasteiger partial charge in [0.2, 0.25) is 0 Å². The number of piperidine rings is 1. The lowest BCUT2D eigenvalue weighted by molar-refractivity contribution is -0.393. The standard InChI is InChI=1S/C13H16N4O4/c18-16(19)10-3-4-12(13(6-10)17(20)21)15-7-9-2-1-5-14-11(9)8-15/h3-4,6,9,11,14H,1-2,5,7-8H2/t9-,11+/m0/s1. The van der Waals surface area contributed by atoms with Gasteiger partial charge in [0.15, 0.2) is 0 Å². The second-order valence-electron chi connectivity index (χ2n) is 5.56. The van der Waals surface area contributed by atoms with Gasteiger partial charge in [-0.2, -0.15) is 0 Å². The van der Waals surface area contributed by atoms with Crippen molar-refractivity contribution < 1.29 is 9.85 Å². The van der Waals surface area contributed by atoms with Gasteiger partial charge in [0.25, 0.3) is 11.4 Å². The van der Waals surface area contributed by atoms with Crippen LogP contribution in [0.15, 0.2) is 18.2 Å². The average molecular weight is 292 g/mol. The first-order valence-electron chi connectivity index (χ1n) is 6.97. The number of non-ortho nitro benzene ring substituents is 1. The average Bonchev–Trinajstić information content (AvgIpc) is 2.90. The summed E-state index contributed by atoms with van der Waals surface area (Å²) in [6, 6.07) is 4.23. The third-order valence-electron chi connectivity index (χ3n) is 4.31. The highest BCUT2D eigenvalue weighted by Gasteiger charge is 2.36. The van der Waals surface area contributed by atoms with E-state index in [0.717, 1.165) is 32.0 Å². The van der Waals surface area contributed by atoms with Crippen molar-refractivity contribution in [3.8, 4) is 0 Å². The molecule has 0 amide bonds. The first-order valence-corrected chi connectivity index (χ1v) is 6.97. The molecule has 2 heterocycles. The summed E-state index contributed by atoms with van der Waals surface area (Å²) in [7, 11) is 0. The SMILES string of the molecule is O=[N+]([O-])c1ccc(N2C[C@@H]3CCCN[C@@H]3C2)c([N+](=O)[O-])c1. The van der Waals surface area contributed by atoms with E-state index >= 15 is 0 Å². The number of rotatable bonds is 3. The van der Waals surface area contributed by atoms with Gasteiger partial charge in [0, 0.05) is 25.2 Å². The van der Waals surface area contributed by atoms with Crippen LogP contribution in [0.2, 0.25) is 0 Å². The van der Waals surface area contributed by atoms with Crippen molar-refractivity contribution in [3.63, 3.8) is 0 Å². The van der Waals surface area contributed by atoms with Gasteiger partial charge < -0.3 is 10.2 Å². The largest absolute Gasteiger partial charge is 0.364 e. The summed E-state index contributed by atoms with van der Waals surface area (Å²) in [5, 5.41) is 25.4. The molecule has 3 rings (SSSR count). The molecule has 8 nitrogen and oxygen atoms in total. The molecular formula is C13H16N4O4. The minimum Gasteiger partial charge on any atom is -0.364 e. The Labute approximate surface area is 121 Å². The molecule has 8 heteroatoms. The summed E-state index contributed by atoms with van der Waals surface area (Å²) in [6.45, 7) is 2.46. The molecule has 2 atom stereocenters. The van der Waals surface area contributed by atoms with Crippen LogP contribution in [0, 0.1) is 26.1 Å². The van der Waals surface area contributed by atoms with Crippen LogP contribution in [0.4, 0.5) is 17.1 Å². The molecule has 21 heavy (non-hydrogen) atoms. The zero-order valence-corrected chi connectivity index (χ0v) is 11.4. The number of nitrogens with one attached hydrogen (secondary N) is 1. The fourth-order valence-corrected chi connectivity index (χ4v) is 3.28. The Hall–Kier alpha value is -2.22. The second kappa shape index (κ2) is 5.28. The molecule has 2 aliphatic rings. The maximum absolute atomic E-state index is 11.2. The molecule has 2 aliphatic heterocycles. The number of fused-ring (bicyclic) bond motifs is 1. The van der Waals surface area contributed by atoms with E-state index in [1.807, 2.05) is 4.90 Å². The van der Waals surface area contributed by atoms with Gasteiger partial charge in [-0.25, -0.2) is 0 Å². The number of nitro groups is 2.